The van der Waals surface area contributed by atoms with E-state index in [0.29, 0.717) is 17.1 Å². The molecule has 0 aromatic heterocycles. The Balaban J connectivity index is 2.82. The van der Waals surface area contributed by atoms with E-state index in [2.05, 4.69) is 4.74 Å². The second kappa shape index (κ2) is 6.29. The van der Waals surface area contributed by atoms with Crippen LogP contribution in [-0.4, -0.2) is 31.5 Å². The Labute approximate surface area is 103 Å². The van der Waals surface area contributed by atoms with Crippen molar-refractivity contribution in [1.82, 2.24) is 0 Å². The first-order chi connectivity index (χ1) is 8.56. The summed E-state index contributed by atoms with van der Waals surface area (Å²) in [6.07, 6.45) is 0.778. The molecule has 0 aliphatic heterocycles. The van der Waals surface area contributed by atoms with Crippen molar-refractivity contribution in [1.29, 1.82) is 0 Å². The molecule has 96 valence electrons. The third-order valence-corrected chi connectivity index (χ3v) is 2.01. The van der Waals surface area contributed by atoms with Gasteiger partial charge < -0.3 is 19.3 Å². The van der Waals surface area contributed by atoms with Crippen LogP contribution >= 0.6 is 0 Å². The molecule has 0 saturated carbocycles. The SMILES string of the molecule is COc1ccc(C=CC(=O)OC(=O)O)cc1OC. The van der Waals surface area contributed by atoms with Gasteiger partial charge in [0.15, 0.2) is 11.5 Å². The maximum atomic E-state index is 11.0. The number of benzene rings is 1. The largest absolute Gasteiger partial charge is 0.513 e. The summed E-state index contributed by atoms with van der Waals surface area (Å²) in [7, 11) is 3.00. The molecule has 0 aliphatic rings. The Bertz CT molecular complexity index is 477. The van der Waals surface area contributed by atoms with Crippen molar-refractivity contribution in [2.24, 2.45) is 0 Å². The number of carboxylic acid groups (broad SMARTS) is 1. The molecule has 0 atom stereocenters. The third-order valence-electron chi connectivity index (χ3n) is 2.01. The Kier molecular flexibility index (Phi) is 4.74. The van der Waals surface area contributed by atoms with Crippen molar-refractivity contribution < 1.29 is 28.9 Å². The average molecular weight is 252 g/mol. The van der Waals surface area contributed by atoms with Crippen LogP contribution < -0.4 is 9.47 Å². The van der Waals surface area contributed by atoms with Gasteiger partial charge in [-0.3, -0.25) is 0 Å². The molecule has 6 heteroatoms. The van der Waals surface area contributed by atoms with Crippen LogP contribution in [0.25, 0.3) is 6.08 Å². The molecule has 1 aromatic rings. The van der Waals surface area contributed by atoms with Gasteiger partial charge in [-0.2, -0.15) is 0 Å². The Morgan fingerprint density at radius 2 is 1.83 bits per heavy atom. The van der Waals surface area contributed by atoms with Gasteiger partial charge >= 0.3 is 12.1 Å². The van der Waals surface area contributed by atoms with Crippen molar-refractivity contribution >= 4 is 18.2 Å². The summed E-state index contributed by atoms with van der Waals surface area (Å²) in [6, 6.07) is 5.00. The molecule has 0 radical (unpaired) electrons. The molecule has 0 unspecified atom stereocenters. The smallest absolute Gasteiger partial charge is 0.493 e. The number of rotatable bonds is 4. The van der Waals surface area contributed by atoms with Crippen LogP contribution in [0.3, 0.4) is 0 Å². The lowest BCUT2D eigenvalue weighted by atomic mass is 10.2. The van der Waals surface area contributed by atoms with Crippen LogP contribution in [0.5, 0.6) is 11.5 Å². The van der Waals surface area contributed by atoms with Crippen LogP contribution in [-0.2, 0) is 9.53 Å². The minimum absolute atomic E-state index is 0.506. The first-order valence-electron chi connectivity index (χ1n) is 4.91. The van der Waals surface area contributed by atoms with Gasteiger partial charge in [0.2, 0.25) is 0 Å². The molecule has 0 saturated heterocycles. The van der Waals surface area contributed by atoms with E-state index in [9.17, 15) is 9.59 Å². The lowest BCUT2D eigenvalue weighted by molar-refractivity contribution is -0.133. The minimum Gasteiger partial charge on any atom is -0.493 e. The van der Waals surface area contributed by atoms with E-state index >= 15 is 0 Å². The van der Waals surface area contributed by atoms with Gasteiger partial charge in [-0.25, -0.2) is 9.59 Å². The molecule has 0 amide bonds. The summed E-state index contributed by atoms with van der Waals surface area (Å²) in [4.78, 5) is 21.1. The van der Waals surface area contributed by atoms with E-state index < -0.39 is 12.1 Å². The van der Waals surface area contributed by atoms with Crippen LogP contribution in [0.15, 0.2) is 24.3 Å². The van der Waals surface area contributed by atoms with Crippen molar-refractivity contribution in [2.45, 2.75) is 0 Å². The first kappa shape index (κ1) is 13.6. The Hall–Kier alpha value is -2.50. The predicted molar refractivity (Wildman–Crippen MR) is 62.7 cm³/mol. The third kappa shape index (κ3) is 3.82. The molecule has 6 nitrogen and oxygen atoms in total. The highest BCUT2D eigenvalue weighted by Crippen LogP contribution is 2.27. The first-order valence-corrected chi connectivity index (χ1v) is 4.91. The van der Waals surface area contributed by atoms with E-state index in [1.807, 2.05) is 0 Å². The zero-order valence-electron chi connectivity index (χ0n) is 9.88. The molecule has 1 N–H and O–H groups in total. The van der Waals surface area contributed by atoms with Gasteiger partial charge in [0.05, 0.1) is 14.2 Å². The van der Waals surface area contributed by atoms with Crippen molar-refractivity contribution in [2.75, 3.05) is 14.2 Å². The van der Waals surface area contributed by atoms with Crippen LogP contribution in [0, 0.1) is 0 Å². The van der Waals surface area contributed by atoms with Crippen molar-refractivity contribution in [3.63, 3.8) is 0 Å². The minimum atomic E-state index is -1.64. The van der Waals surface area contributed by atoms with Gasteiger partial charge in [0.25, 0.3) is 0 Å². The normalized spacial score (nSPS) is 10.1. The highest BCUT2D eigenvalue weighted by atomic mass is 16.7. The van der Waals surface area contributed by atoms with E-state index in [1.165, 1.54) is 20.3 Å². The lowest BCUT2D eigenvalue weighted by Crippen LogP contribution is -2.06. The van der Waals surface area contributed by atoms with Gasteiger partial charge in [0, 0.05) is 6.08 Å². The molecular formula is C12H12O6. The molecule has 0 fully saturated rings. The van der Waals surface area contributed by atoms with E-state index in [4.69, 9.17) is 14.6 Å². The highest BCUT2D eigenvalue weighted by Gasteiger charge is 2.05. The molecular weight excluding hydrogens is 240 g/mol. The van der Waals surface area contributed by atoms with Crippen molar-refractivity contribution in [3.05, 3.63) is 29.8 Å². The highest BCUT2D eigenvalue weighted by molar-refractivity contribution is 5.92. The van der Waals surface area contributed by atoms with Gasteiger partial charge in [0.1, 0.15) is 0 Å². The van der Waals surface area contributed by atoms with Gasteiger partial charge in [-0.05, 0) is 23.8 Å². The molecule has 18 heavy (non-hydrogen) atoms. The number of carbonyl (C=O) groups excluding carboxylic acids is 1. The number of methoxy groups -OCH3 is 2. The van der Waals surface area contributed by atoms with E-state index in [1.54, 1.807) is 18.2 Å². The van der Waals surface area contributed by atoms with Gasteiger partial charge in [-0.1, -0.05) is 6.07 Å². The molecule has 0 aliphatic carbocycles. The van der Waals surface area contributed by atoms with Crippen molar-refractivity contribution in [3.8, 4) is 11.5 Å². The fourth-order valence-corrected chi connectivity index (χ4v) is 1.24. The maximum Gasteiger partial charge on any atom is 0.513 e. The Morgan fingerprint density at radius 1 is 1.17 bits per heavy atom. The summed E-state index contributed by atoms with van der Waals surface area (Å²) < 4.78 is 14.0. The molecule has 1 rings (SSSR count). The second-order valence-electron chi connectivity index (χ2n) is 3.13. The summed E-state index contributed by atoms with van der Waals surface area (Å²) in [5, 5.41) is 8.22. The zero-order chi connectivity index (χ0) is 13.5. The summed E-state index contributed by atoms with van der Waals surface area (Å²) in [5.41, 5.74) is 0.648. The number of esters is 1. The topological polar surface area (TPSA) is 82.1 Å². The molecule has 0 spiro atoms. The molecule has 0 bridgehead atoms. The van der Waals surface area contributed by atoms with E-state index in [-0.39, 0.29) is 0 Å². The van der Waals surface area contributed by atoms with Crippen LogP contribution in [0.4, 0.5) is 4.79 Å². The summed E-state index contributed by atoms with van der Waals surface area (Å²) in [6.45, 7) is 0. The van der Waals surface area contributed by atoms with Crippen LogP contribution in [0.2, 0.25) is 0 Å². The number of hydrogen-bond donors (Lipinski definition) is 1. The van der Waals surface area contributed by atoms with Crippen LogP contribution in [0.1, 0.15) is 5.56 Å². The standard InChI is InChI=1S/C12H12O6/c1-16-9-5-3-8(7-10(9)17-2)4-6-11(13)18-12(14)15/h3-7H,1-2H3,(H,14,15). The fraction of sp³-hybridized carbons (Fsp3) is 0.167. The lowest BCUT2D eigenvalue weighted by Gasteiger charge is -2.07. The fourth-order valence-electron chi connectivity index (χ4n) is 1.24. The predicted octanol–water partition coefficient (Wildman–Crippen LogP) is 1.94. The number of carbonyl (C=O) groups is 2. The average Bonchev–Trinajstić information content (AvgIpc) is 2.35. The molecule has 0 heterocycles. The zero-order valence-corrected chi connectivity index (χ0v) is 9.88. The van der Waals surface area contributed by atoms with Gasteiger partial charge in [-0.15, -0.1) is 0 Å². The number of hydrogen-bond acceptors (Lipinski definition) is 5. The Morgan fingerprint density at radius 3 is 2.39 bits per heavy atom. The number of ether oxygens (including phenoxy) is 3. The second-order valence-corrected chi connectivity index (χ2v) is 3.13. The van der Waals surface area contributed by atoms with E-state index in [0.717, 1.165) is 6.08 Å². The quantitative estimate of drug-likeness (QED) is 0.501. The summed E-state index contributed by atoms with van der Waals surface area (Å²) in [5.74, 6) is 0.103. The molecule has 1 aromatic carbocycles. The monoisotopic (exact) mass is 252 g/mol. The maximum absolute atomic E-state index is 11.0. The summed E-state index contributed by atoms with van der Waals surface area (Å²) >= 11 is 0.